The fourth-order valence-corrected chi connectivity index (χ4v) is 3.63. The smallest absolute Gasteiger partial charge is 0.230 e. The predicted molar refractivity (Wildman–Crippen MR) is 105 cm³/mol. The van der Waals surface area contributed by atoms with E-state index in [4.69, 9.17) is 11.6 Å². The first-order chi connectivity index (χ1) is 13.1. The highest BCUT2D eigenvalue weighted by Crippen LogP contribution is 2.30. The lowest BCUT2D eigenvalue weighted by Gasteiger charge is -2.17. The molecule has 1 fully saturated rings. The predicted octanol–water partition coefficient (Wildman–Crippen LogP) is 5.14. The molecule has 0 aliphatic carbocycles. The SMILES string of the molecule is O=C1C(Cc2ccc(Cl)c(F)c2)CCN1c1ccc(-c2ccncc2)cc1. The van der Waals surface area contributed by atoms with E-state index in [1.165, 1.54) is 6.07 Å². The lowest BCUT2D eigenvalue weighted by molar-refractivity contribution is -0.120. The van der Waals surface area contributed by atoms with Crippen LogP contribution in [0.15, 0.2) is 67.0 Å². The number of aromatic nitrogens is 1. The van der Waals surface area contributed by atoms with Crippen LogP contribution in [0, 0.1) is 11.7 Å². The summed E-state index contributed by atoms with van der Waals surface area (Å²) in [5, 5.41) is 0.104. The number of benzene rings is 2. The summed E-state index contributed by atoms with van der Waals surface area (Å²) in [4.78, 5) is 18.7. The highest BCUT2D eigenvalue weighted by Gasteiger charge is 2.32. The molecule has 0 radical (unpaired) electrons. The molecule has 2 aromatic carbocycles. The van der Waals surface area contributed by atoms with E-state index >= 15 is 0 Å². The Kier molecular flexibility index (Phi) is 4.90. The molecule has 4 rings (SSSR count). The van der Waals surface area contributed by atoms with Gasteiger partial charge in [-0.15, -0.1) is 0 Å². The van der Waals surface area contributed by atoms with Crippen LogP contribution < -0.4 is 4.90 Å². The first-order valence-electron chi connectivity index (χ1n) is 8.87. The summed E-state index contributed by atoms with van der Waals surface area (Å²) in [5.74, 6) is -0.490. The number of carbonyl (C=O) groups excluding carboxylic acids is 1. The van der Waals surface area contributed by atoms with E-state index in [-0.39, 0.29) is 16.8 Å². The number of pyridine rings is 1. The molecule has 5 heteroatoms. The van der Waals surface area contributed by atoms with E-state index < -0.39 is 5.82 Å². The van der Waals surface area contributed by atoms with Gasteiger partial charge in [-0.25, -0.2) is 4.39 Å². The van der Waals surface area contributed by atoms with Crippen LogP contribution in [0.5, 0.6) is 0 Å². The maximum atomic E-state index is 13.6. The number of amides is 1. The summed E-state index contributed by atoms with van der Waals surface area (Å²) in [6.07, 6.45) is 4.81. The minimum atomic E-state index is -0.442. The van der Waals surface area contributed by atoms with Gasteiger partial charge in [-0.2, -0.15) is 0 Å². The second-order valence-corrected chi connectivity index (χ2v) is 7.12. The highest BCUT2D eigenvalue weighted by atomic mass is 35.5. The van der Waals surface area contributed by atoms with Crippen molar-refractivity contribution in [3.63, 3.8) is 0 Å². The van der Waals surface area contributed by atoms with Gasteiger partial charge in [0.15, 0.2) is 0 Å². The van der Waals surface area contributed by atoms with E-state index in [1.54, 1.807) is 24.5 Å². The first kappa shape index (κ1) is 17.7. The third kappa shape index (κ3) is 3.71. The highest BCUT2D eigenvalue weighted by molar-refractivity contribution is 6.30. The van der Waals surface area contributed by atoms with Gasteiger partial charge < -0.3 is 4.90 Å². The monoisotopic (exact) mass is 380 g/mol. The van der Waals surface area contributed by atoms with Crippen molar-refractivity contribution in [2.45, 2.75) is 12.8 Å². The van der Waals surface area contributed by atoms with Crippen LogP contribution in [0.4, 0.5) is 10.1 Å². The third-order valence-electron chi connectivity index (χ3n) is 4.98. The van der Waals surface area contributed by atoms with Gasteiger partial charge in [0.1, 0.15) is 5.82 Å². The fourth-order valence-electron chi connectivity index (χ4n) is 3.51. The minimum Gasteiger partial charge on any atom is -0.312 e. The standard InChI is InChI=1S/C22H18ClFN2O/c23-20-6-1-15(14-21(20)24)13-18-9-12-26(22(18)27)19-4-2-16(3-5-19)17-7-10-25-11-8-17/h1-8,10-11,14,18H,9,12-13H2. The van der Waals surface area contributed by atoms with Gasteiger partial charge >= 0.3 is 0 Å². The molecule has 0 spiro atoms. The summed E-state index contributed by atoms with van der Waals surface area (Å²) in [6, 6.07) is 16.6. The van der Waals surface area contributed by atoms with Crippen molar-refractivity contribution in [1.29, 1.82) is 0 Å². The Balaban J connectivity index is 1.47. The van der Waals surface area contributed by atoms with Crippen molar-refractivity contribution in [1.82, 2.24) is 4.98 Å². The van der Waals surface area contributed by atoms with Crippen molar-refractivity contribution < 1.29 is 9.18 Å². The van der Waals surface area contributed by atoms with Crippen LogP contribution in [-0.2, 0) is 11.2 Å². The maximum absolute atomic E-state index is 13.6. The lowest BCUT2D eigenvalue weighted by atomic mass is 9.98. The average Bonchev–Trinajstić information content (AvgIpc) is 3.06. The third-order valence-corrected chi connectivity index (χ3v) is 5.28. The Morgan fingerprint density at radius 3 is 2.44 bits per heavy atom. The second kappa shape index (κ2) is 7.49. The molecule has 2 heterocycles. The van der Waals surface area contributed by atoms with Crippen molar-refractivity contribution in [3.05, 3.63) is 83.4 Å². The molecule has 3 nitrogen and oxygen atoms in total. The van der Waals surface area contributed by atoms with E-state index in [9.17, 15) is 9.18 Å². The largest absolute Gasteiger partial charge is 0.312 e. The van der Waals surface area contributed by atoms with Gasteiger partial charge in [0.05, 0.1) is 5.02 Å². The van der Waals surface area contributed by atoms with E-state index in [2.05, 4.69) is 4.98 Å². The molecule has 1 aromatic heterocycles. The molecule has 136 valence electrons. The molecule has 0 saturated carbocycles. The number of hydrogen-bond donors (Lipinski definition) is 0. The Hall–Kier alpha value is -2.72. The molecule has 1 aliphatic rings. The summed E-state index contributed by atoms with van der Waals surface area (Å²) in [7, 11) is 0. The summed E-state index contributed by atoms with van der Waals surface area (Å²) < 4.78 is 13.6. The molecule has 1 saturated heterocycles. The van der Waals surface area contributed by atoms with Crippen LogP contribution in [0.1, 0.15) is 12.0 Å². The van der Waals surface area contributed by atoms with Crippen molar-refractivity contribution >= 4 is 23.2 Å². The van der Waals surface area contributed by atoms with Crippen LogP contribution >= 0.6 is 11.6 Å². The Morgan fingerprint density at radius 1 is 1.04 bits per heavy atom. The Morgan fingerprint density at radius 2 is 1.74 bits per heavy atom. The number of hydrogen-bond acceptors (Lipinski definition) is 2. The average molecular weight is 381 g/mol. The topological polar surface area (TPSA) is 33.2 Å². The summed E-state index contributed by atoms with van der Waals surface area (Å²) in [5.41, 5.74) is 3.86. The van der Waals surface area contributed by atoms with Crippen molar-refractivity contribution in [3.8, 4) is 11.1 Å². The van der Waals surface area contributed by atoms with Gasteiger partial charge in [-0.3, -0.25) is 9.78 Å². The van der Waals surface area contributed by atoms with Crippen LogP contribution in [-0.4, -0.2) is 17.4 Å². The molecule has 27 heavy (non-hydrogen) atoms. The van der Waals surface area contributed by atoms with Crippen LogP contribution in [0.3, 0.4) is 0 Å². The minimum absolute atomic E-state index is 0.0852. The van der Waals surface area contributed by atoms with E-state index in [1.807, 2.05) is 41.3 Å². The number of halogens is 2. The molecule has 1 atom stereocenters. The zero-order chi connectivity index (χ0) is 18.8. The zero-order valence-electron chi connectivity index (χ0n) is 14.6. The quantitative estimate of drug-likeness (QED) is 0.628. The molecular formula is C22H18ClFN2O. The van der Waals surface area contributed by atoms with Crippen LogP contribution in [0.2, 0.25) is 5.02 Å². The molecule has 1 amide bonds. The van der Waals surface area contributed by atoms with Crippen LogP contribution in [0.25, 0.3) is 11.1 Å². The first-order valence-corrected chi connectivity index (χ1v) is 9.25. The molecule has 0 N–H and O–H groups in total. The summed E-state index contributed by atoms with van der Waals surface area (Å²) in [6.45, 7) is 0.675. The number of nitrogens with zero attached hydrogens (tertiary/aromatic N) is 2. The van der Waals surface area contributed by atoms with Crippen molar-refractivity contribution in [2.24, 2.45) is 5.92 Å². The Labute approximate surface area is 162 Å². The molecule has 0 bridgehead atoms. The van der Waals surface area contributed by atoms with Gasteiger partial charge in [0.25, 0.3) is 0 Å². The molecule has 1 aliphatic heterocycles. The maximum Gasteiger partial charge on any atom is 0.230 e. The van der Waals surface area contributed by atoms with Crippen molar-refractivity contribution in [2.75, 3.05) is 11.4 Å². The second-order valence-electron chi connectivity index (χ2n) is 6.71. The van der Waals surface area contributed by atoms with Gasteiger partial charge in [0.2, 0.25) is 5.91 Å². The van der Waals surface area contributed by atoms with Gasteiger partial charge in [-0.1, -0.05) is 29.8 Å². The van der Waals surface area contributed by atoms with Gasteiger partial charge in [-0.05, 0) is 65.9 Å². The molecular weight excluding hydrogens is 363 g/mol. The Bertz CT molecular complexity index is 960. The zero-order valence-corrected chi connectivity index (χ0v) is 15.4. The number of rotatable bonds is 4. The molecule has 1 unspecified atom stereocenters. The number of anilines is 1. The van der Waals surface area contributed by atoms with E-state index in [0.29, 0.717) is 13.0 Å². The molecule has 3 aromatic rings. The summed E-state index contributed by atoms with van der Waals surface area (Å²) >= 11 is 5.73. The normalized spacial score (nSPS) is 16.7. The fraction of sp³-hybridized carbons (Fsp3) is 0.182. The number of carbonyl (C=O) groups is 1. The van der Waals surface area contributed by atoms with Gasteiger partial charge in [0, 0.05) is 30.5 Å². The van der Waals surface area contributed by atoms with E-state index in [0.717, 1.165) is 28.8 Å². The lowest BCUT2D eigenvalue weighted by Crippen LogP contribution is -2.27.